The maximum absolute atomic E-state index is 4.88. The molecule has 5 aromatic rings. The molecule has 0 amide bonds. The topological polar surface area (TPSA) is 77.3 Å². The zero-order valence-corrected chi connectivity index (χ0v) is 23.0. The van der Waals surface area contributed by atoms with E-state index in [0.29, 0.717) is 11.4 Å². The Hall–Kier alpha value is -3.62. The molecule has 0 aromatic carbocycles. The summed E-state index contributed by atoms with van der Waals surface area (Å²) < 4.78 is 0. The summed E-state index contributed by atoms with van der Waals surface area (Å²) in [5.74, 6) is 2.07. The van der Waals surface area contributed by atoms with Gasteiger partial charge in [0.1, 0.15) is 11.4 Å². The summed E-state index contributed by atoms with van der Waals surface area (Å²) in [5.41, 5.74) is 6.32. The summed E-state index contributed by atoms with van der Waals surface area (Å²) in [6.45, 7) is 4.37. The Kier molecular flexibility index (Phi) is 8.73. The van der Waals surface area contributed by atoms with Crippen LogP contribution in [0.15, 0.2) is 95.0 Å². The first-order chi connectivity index (χ1) is 18.7. The molecule has 8 heteroatoms. The van der Waals surface area contributed by atoms with Crippen molar-refractivity contribution < 1.29 is 0 Å². The summed E-state index contributed by atoms with van der Waals surface area (Å²) in [6, 6.07) is 24.0. The quantitative estimate of drug-likeness (QED) is 0.168. The lowest BCUT2D eigenvalue weighted by Gasteiger charge is -2.10. The van der Waals surface area contributed by atoms with Gasteiger partial charge in [-0.25, -0.2) is 9.97 Å². The van der Waals surface area contributed by atoms with E-state index in [1.807, 2.05) is 72.1 Å². The molecule has 5 rings (SSSR count). The maximum Gasteiger partial charge on any atom is 0.111 e. The zero-order valence-electron chi connectivity index (χ0n) is 21.4. The summed E-state index contributed by atoms with van der Waals surface area (Å²) in [5, 5.41) is 9.14. The molecular weight excluding hydrogens is 509 g/mol. The van der Waals surface area contributed by atoms with E-state index in [9.17, 15) is 0 Å². The van der Waals surface area contributed by atoms with Crippen LogP contribution >= 0.6 is 23.5 Å². The van der Waals surface area contributed by atoms with Gasteiger partial charge in [0.2, 0.25) is 0 Å². The Morgan fingerprint density at radius 2 is 0.921 bits per heavy atom. The van der Waals surface area contributed by atoms with Crippen molar-refractivity contribution in [2.75, 3.05) is 11.5 Å². The second-order valence-corrected chi connectivity index (χ2v) is 10.9. The molecule has 0 aliphatic carbocycles. The molecule has 0 spiro atoms. The highest BCUT2D eigenvalue weighted by atomic mass is 32.2. The third kappa shape index (κ3) is 6.44. The van der Waals surface area contributed by atoms with Gasteiger partial charge in [0.15, 0.2) is 0 Å². The summed E-state index contributed by atoms with van der Waals surface area (Å²) in [7, 11) is 0. The lowest BCUT2D eigenvalue weighted by atomic mass is 10.1. The average molecular weight is 537 g/mol. The lowest BCUT2D eigenvalue weighted by Crippen LogP contribution is -1.98. The van der Waals surface area contributed by atoms with Crippen LogP contribution < -0.4 is 0 Å². The highest BCUT2D eigenvalue weighted by Crippen LogP contribution is 2.31. The van der Waals surface area contributed by atoms with Crippen LogP contribution in [-0.2, 0) is 0 Å². The van der Waals surface area contributed by atoms with E-state index in [4.69, 9.17) is 9.97 Å². The van der Waals surface area contributed by atoms with Gasteiger partial charge < -0.3 is 0 Å². The van der Waals surface area contributed by atoms with Crippen LogP contribution in [0.3, 0.4) is 0 Å². The van der Waals surface area contributed by atoms with Crippen LogP contribution in [0.4, 0.5) is 0 Å². The van der Waals surface area contributed by atoms with Crippen molar-refractivity contribution in [3.63, 3.8) is 0 Å². The Labute approximate surface area is 231 Å². The van der Waals surface area contributed by atoms with E-state index < -0.39 is 0 Å². The molecule has 0 bridgehead atoms. The molecule has 0 atom stereocenters. The van der Waals surface area contributed by atoms with E-state index >= 15 is 0 Å². The fourth-order valence-electron chi connectivity index (χ4n) is 3.78. The Balaban J connectivity index is 1.50. The third-order valence-electron chi connectivity index (χ3n) is 5.59. The smallest absolute Gasteiger partial charge is 0.111 e. The second kappa shape index (κ2) is 12.8. The van der Waals surface area contributed by atoms with E-state index in [1.165, 1.54) is 0 Å². The average Bonchev–Trinajstić information content (AvgIpc) is 2.99. The number of thioether (sulfide) groups is 2. The van der Waals surface area contributed by atoms with Gasteiger partial charge in [-0.05, 0) is 85.0 Å². The monoisotopic (exact) mass is 536 g/mol. The highest BCUT2D eigenvalue weighted by molar-refractivity contribution is 7.99. The van der Waals surface area contributed by atoms with Gasteiger partial charge in [0, 0.05) is 22.2 Å². The molecule has 0 fully saturated rings. The minimum atomic E-state index is 0.714. The van der Waals surface area contributed by atoms with Crippen molar-refractivity contribution in [1.82, 2.24) is 30.1 Å². The van der Waals surface area contributed by atoms with Crippen molar-refractivity contribution in [1.29, 1.82) is 0 Å². The molecular formula is C30H28N6S2. The van der Waals surface area contributed by atoms with E-state index in [1.54, 1.807) is 12.4 Å². The molecule has 0 radical (unpaired) electrons. The number of hydrogen-bond donors (Lipinski definition) is 0. The van der Waals surface area contributed by atoms with Crippen LogP contribution in [0.2, 0.25) is 0 Å². The molecule has 6 nitrogen and oxygen atoms in total. The molecule has 0 N–H and O–H groups in total. The SMILES string of the molecule is CCCSc1cc(-c2ccccn2)nc(-c2ccc(-c3cc(SCCC)cc(-c4ccccn4)n3)nn2)c1. The number of rotatable bonds is 10. The van der Waals surface area contributed by atoms with Crippen molar-refractivity contribution in [2.24, 2.45) is 0 Å². The Morgan fingerprint density at radius 3 is 1.26 bits per heavy atom. The standard InChI is InChI=1S/C30H28N6S2/c1-3-15-37-21-17-27(23-9-5-7-13-31-23)33-29(19-21)25-11-12-26(36-35-25)30-20-22(38-16-4-2)18-28(34-30)24-10-6-8-14-32-24/h5-14,17-20H,3-4,15-16H2,1-2H3. The molecule has 38 heavy (non-hydrogen) atoms. The normalized spacial score (nSPS) is 11.0. The number of aromatic nitrogens is 6. The van der Waals surface area contributed by atoms with Gasteiger partial charge in [-0.3, -0.25) is 9.97 Å². The molecule has 0 saturated heterocycles. The van der Waals surface area contributed by atoms with Crippen LogP contribution in [-0.4, -0.2) is 41.6 Å². The molecule has 190 valence electrons. The van der Waals surface area contributed by atoms with Crippen molar-refractivity contribution in [3.8, 4) is 45.6 Å². The first kappa shape index (κ1) is 26.0. The number of nitrogens with zero attached hydrogens (tertiary/aromatic N) is 6. The minimum absolute atomic E-state index is 0.714. The fraction of sp³-hybridized carbons (Fsp3) is 0.200. The maximum atomic E-state index is 4.88. The Bertz CT molecular complexity index is 1360. The van der Waals surface area contributed by atoms with Crippen molar-refractivity contribution in [2.45, 2.75) is 36.5 Å². The first-order valence-corrected chi connectivity index (χ1v) is 14.7. The summed E-state index contributed by atoms with van der Waals surface area (Å²) in [6.07, 6.45) is 5.77. The Morgan fingerprint density at radius 1 is 0.500 bits per heavy atom. The lowest BCUT2D eigenvalue weighted by molar-refractivity contribution is 1.02. The minimum Gasteiger partial charge on any atom is -0.255 e. The van der Waals surface area contributed by atoms with Gasteiger partial charge in [-0.15, -0.1) is 33.7 Å². The van der Waals surface area contributed by atoms with Crippen molar-refractivity contribution in [3.05, 3.63) is 85.2 Å². The van der Waals surface area contributed by atoms with Crippen LogP contribution in [0, 0.1) is 0 Å². The van der Waals surface area contributed by atoms with Crippen molar-refractivity contribution >= 4 is 23.5 Å². The highest BCUT2D eigenvalue weighted by Gasteiger charge is 2.13. The molecule has 0 saturated carbocycles. The zero-order chi connectivity index (χ0) is 26.2. The summed E-state index contributed by atoms with van der Waals surface area (Å²) >= 11 is 3.62. The van der Waals surface area contributed by atoms with Crippen LogP contribution in [0.25, 0.3) is 45.6 Å². The van der Waals surface area contributed by atoms with Gasteiger partial charge in [0.25, 0.3) is 0 Å². The molecule has 0 unspecified atom stereocenters. The second-order valence-electron chi connectivity index (χ2n) is 8.58. The van der Waals surface area contributed by atoms with Gasteiger partial charge in [-0.2, -0.15) is 0 Å². The first-order valence-electron chi connectivity index (χ1n) is 12.7. The van der Waals surface area contributed by atoms with E-state index in [-0.39, 0.29) is 0 Å². The third-order valence-corrected chi connectivity index (χ3v) is 7.95. The predicted molar refractivity (Wildman–Crippen MR) is 157 cm³/mol. The molecule has 5 aromatic heterocycles. The fourth-order valence-corrected chi connectivity index (χ4v) is 5.44. The van der Waals surface area contributed by atoms with Gasteiger partial charge in [-0.1, -0.05) is 26.0 Å². The van der Waals surface area contributed by atoms with E-state index in [0.717, 1.165) is 68.3 Å². The summed E-state index contributed by atoms with van der Waals surface area (Å²) in [4.78, 5) is 21.0. The number of pyridine rings is 4. The number of hydrogen-bond acceptors (Lipinski definition) is 8. The predicted octanol–water partition coefficient (Wildman–Crippen LogP) is 7.73. The van der Waals surface area contributed by atoms with Gasteiger partial charge >= 0.3 is 0 Å². The van der Waals surface area contributed by atoms with Crippen LogP contribution in [0.5, 0.6) is 0 Å². The van der Waals surface area contributed by atoms with E-state index in [2.05, 4.69) is 58.3 Å². The molecule has 0 aliphatic heterocycles. The molecule has 0 aliphatic rings. The van der Waals surface area contributed by atoms with Gasteiger partial charge in [0.05, 0.1) is 34.2 Å². The molecule has 5 heterocycles. The largest absolute Gasteiger partial charge is 0.255 e. The van der Waals surface area contributed by atoms with Crippen LogP contribution in [0.1, 0.15) is 26.7 Å².